The van der Waals surface area contributed by atoms with Gasteiger partial charge in [-0.1, -0.05) is 19.9 Å². The fourth-order valence-electron chi connectivity index (χ4n) is 1.06. The van der Waals surface area contributed by atoms with Gasteiger partial charge in [-0.15, -0.1) is 0 Å². The average molecular weight is 137 g/mol. The summed E-state index contributed by atoms with van der Waals surface area (Å²) >= 11 is 0. The van der Waals surface area contributed by atoms with Crippen LogP contribution in [0, 0.1) is 5.92 Å². The Morgan fingerprint density at radius 1 is 1.50 bits per heavy atom. The quantitative estimate of drug-likeness (QED) is 0.566. The first kappa shape index (κ1) is 7.52. The van der Waals surface area contributed by atoms with Crippen molar-refractivity contribution in [1.29, 1.82) is 0 Å². The van der Waals surface area contributed by atoms with Crippen LogP contribution in [0.5, 0.6) is 0 Å². The highest BCUT2D eigenvalue weighted by molar-refractivity contribution is 5.74. The van der Waals surface area contributed by atoms with Crippen molar-refractivity contribution in [2.75, 3.05) is 0 Å². The summed E-state index contributed by atoms with van der Waals surface area (Å²) < 4.78 is 0. The lowest BCUT2D eigenvalue weighted by Crippen LogP contribution is -1.99. The predicted molar refractivity (Wildman–Crippen MR) is 45.5 cm³/mol. The van der Waals surface area contributed by atoms with Gasteiger partial charge in [-0.2, -0.15) is 0 Å². The summed E-state index contributed by atoms with van der Waals surface area (Å²) in [6.07, 6.45) is 8.59. The van der Waals surface area contributed by atoms with Crippen molar-refractivity contribution < 1.29 is 0 Å². The van der Waals surface area contributed by atoms with Crippen molar-refractivity contribution in [3.63, 3.8) is 0 Å². The summed E-state index contributed by atoms with van der Waals surface area (Å²) in [6.45, 7) is 4.50. The molecule has 1 nitrogen and oxygen atoms in total. The highest BCUT2D eigenvalue weighted by Crippen LogP contribution is 2.12. The Balaban J connectivity index is 2.14. The van der Waals surface area contributed by atoms with Crippen LogP contribution in [0.3, 0.4) is 0 Å². The maximum Gasteiger partial charge on any atom is 0.0683 e. The van der Waals surface area contributed by atoms with Gasteiger partial charge in [0.15, 0.2) is 0 Å². The molecule has 1 heteroatoms. The molecule has 0 bridgehead atoms. The summed E-state index contributed by atoms with van der Waals surface area (Å²) in [7, 11) is 0. The van der Waals surface area contributed by atoms with Gasteiger partial charge in [0, 0.05) is 6.21 Å². The van der Waals surface area contributed by atoms with Crippen molar-refractivity contribution in [3.8, 4) is 0 Å². The summed E-state index contributed by atoms with van der Waals surface area (Å²) in [5.74, 6) is 0.809. The van der Waals surface area contributed by atoms with Crippen molar-refractivity contribution in [2.24, 2.45) is 10.9 Å². The molecule has 0 spiro atoms. The van der Waals surface area contributed by atoms with Crippen LogP contribution in [0.1, 0.15) is 26.7 Å². The van der Waals surface area contributed by atoms with E-state index >= 15 is 0 Å². The molecule has 0 aromatic rings. The van der Waals surface area contributed by atoms with Crippen molar-refractivity contribution in [3.05, 3.63) is 12.2 Å². The van der Waals surface area contributed by atoms with Crippen LogP contribution in [0.15, 0.2) is 17.1 Å². The van der Waals surface area contributed by atoms with Crippen molar-refractivity contribution >= 4 is 6.21 Å². The van der Waals surface area contributed by atoms with Crippen LogP contribution in [0.2, 0.25) is 0 Å². The first-order valence-corrected chi connectivity index (χ1v) is 3.99. The number of rotatable bonds is 3. The van der Waals surface area contributed by atoms with E-state index in [1.54, 1.807) is 0 Å². The molecular weight excluding hydrogens is 122 g/mol. The normalized spacial score (nSPS) is 22.9. The first-order valence-electron chi connectivity index (χ1n) is 3.99. The van der Waals surface area contributed by atoms with Crippen LogP contribution in [-0.4, -0.2) is 12.3 Å². The zero-order valence-electron chi connectivity index (χ0n) is 6.75. The van der Waals surface area contributed by atoms with Gasteiger partial charge < -0.3 is 0 Å². The van der Waals surface area contributed by atoms with E-state index in [1.807, 2.05) is 12.3 Å². The number of aliphatic imine (C=N–C) groups is 1. The Labute approximate surface area is 62.9 Å². The third kappa shape index (κ3) is 2.34. The lowest BCUT2D eigenvalue weighted by Gasteiger charge is -2.06. The van der Waals surface area contributed by atoms with E-state index in [0.29, 0.717) is 6.04 Å². The Hall–Kier alpha value is -0.590. The molecule has 0 amide bonds. The third-order valence-corrected chi connectivity index (χ3v) is 1.74. The number of hydrogen-bond acceptors (Lipinski definition) is 1. The van der Waals surface area contributed by atoms with Crippen LogP contribution in [0.4, 0.5) is 0 Å². The minimum atomic E-state index is 0.488. The Kier molecular flexibility index (Phi) is 2.67. The Morgan fingerprint density at radius 3 is 2.80 bits per heavy atom. The second-order valence-corrected chi connectivity index (χ2v) is 3.22. The molecule has 0 fully saturated rings. The summed E-state index contributed by atoms with van der Waals surface area (Å²) in [5, 5.41) is 0. The van der Waals surface area contributed by atoms with Gasteiger partial charge in [0.25, 0.3) is 0 Å². The monoisotopic (exact) mass is 137 g/mol. The molecule has 56 valence electrons. The molecule has 1 unspecified atom stereocenters. The maximum atomic E-state index is 4.27. The SMILES string of the molecule is CC(C)CCC1C=CC=N1. The van der Waals surface area contributed by atoms with Gasteiger partial charge in [-0.05, 0) is 24.8 Å². The van der Waals surface area contributed by atoms with Crippen LogP contribution in [0.25, 0.3) is 0 Å². The Morgan fingerprint density at radius 2 is 2.30 bits per heavy atom. The van der Waals surface area contributed by atoms with E-state index in [1.165, 1.54) is 12.8 Å². The average Bonchev–Trinajstić information content (AvgIpc) is 2.34. The van der Waals surface area contributed by atoms with Gasteiger partial charge in [-0.3, -0.25) is 4.99 Å². The van der Waals surface area contributed by atoms with Gasteiger partial charge in [0.05, 0.1) is 6.04 Å². The molecule has 1 aliphatic rings. The molecule has 0 radical (unpaired) electrons. The highest BCUT2D eigenvalue weighted by Gasteiger charge is 2.04. The Bertz CT molecular complexity index is 133. The van der Waals surface area contributed by atoms with E-state index in [4.69, 9.17) is 0 Å². The van der Waals surface area contributed by atoms with E-state index in [9.17, 15) is 0 Å². The molecule has 1 heterocycles. The van der Waals surface area contributed by atoms with Crippen molar-refractivity contribution in [2.45, 2.75) is 32.7 Å². The largest absolute Gasteiger partial charge is 0.286 e. The maximum absolute atomic E-state index is 4.27. The fourth-order valence-corrected chi connectivity index (χ4v) is 1.06. The van der Waals surface area contributed by atoms with Crippen LogP contribution >= 0.6 is 0 Å². The molecular formula is C9H15N. The molecule has 1 rings (SSSR count). The smallest absolute Gasteiger partial charge is 0.0683 e. The highest BCUT2D eigenvalue weighted by atomic mass is 14.8. The molecule has 0 aromatic heterocycles. The lowest BCUT2D eigenvalue weighted by molar-refractivity contribution is 0.535. The molecule has 10 heavy (non-hydrogen) atoms. The third-order valence-electron chi connectivity index (χ3n) is 1.74. The van der Waals surface area contributed by atoms with Crippen LogP contribution < -0.4 is 0 Å². The van der Waals surface area contributed by atoms with E-state index in [-0.39, 0.29) is 0 Å². The molecule has 0 aliphatic carbocycles. The minimum Gasteiger partial charge on any atom is -0.286 e. The van der Waals surface area contributed by atoms with Gasteiger partial charge in [0.2, 0.25) is 0 Å². The summed E-state index contributed by atoms with van der Waals surface area (Å²) in [5.41, 5.74) is 0. The van der Waals surface area contributed by atoms with E-state index < -0.39 is 0 Å². The molecule has 1 aliphatic heterocycles. The summed E-state index contributed by atoms with van der Waals surface area (Å²) in [6, 6.07) is 0.488. The second-order valence-electron chi connectivity index (χ2n) is 3.22. The van der Waals surface area contributed by atoms with E-state index in [2.05, 4.69) is 24.9 Å². The standard InChI is InChI=1S/C9H15N/c1-8(2)5-6-9-4-3-7-10-9/h3-4,7-9H,5-6H2,1-2H3. The molecule has 1 atom stereocenters. The second kappa shape index (κ2) is 3.55. The van der Waals surface area contributed by atoms with Gasteiger partial charge in [0.1, 0.15) is 0 Å². The van der Waals surface area contributed by atoms with E-state index in [0.717, 1.165) is 5.92 Å². The molecule has 0 saturated heterocycles. The molecule has 0 aromatic carbocycles. The van der Waals surface area contributed by atoms with Crippen LogP contribution in [-0.2, 0) is 0 Å². The van der Waals surface area contributed by atoms with Gasteiger partial charge in [-0.25, -0.2) is 0 Å². The van der Waals surface area contributed by atoms with Gasteiger partial charge >= 0.3 is 0 Å². The number of allylic oxidation sites excluding steroid dienone is 1. The predicted octanol–water partition coefficient (Wildman–Crippen LogP) is 2.43. The fraction of sp³-hybridized carbons (Fsp3) is 0.667. The lowest BCUT2D eigenvalue weighted by atomic mass is 10.0. The topological polar surface area (TPSA) is 12.4 Å². The zero-order valence-corrected chi connectivity index (χ0v) is 6.75. The molecule has 0 saturated carbocycles. The number of nitrogens with zero attached hydrogens (tertiary/aromatic N) is 1. The minimum absolute atomic E-state index is 0.488. The van der Waals surface area contributed by atoms with Crippen molar-refractivity contribution in [1.82, 2.24) is 0 Å². The first-order chi connectivity index (χ1) is 4.79. The zero-order chi connectivity index (χ0) is 7.40. The summed E-state index contributed by atoms with van der Waals surface area (Å²) in [4.78, 5) is 4.27. The molecule has 0 N–H and O–H groups in total. The number of hydrogen-bond donors (Lipinski definition) is 0.